The van der Waals surface area contributed by atoms with E-state index in [0.29, 0.717) is 12.1 Å². The number of nitrogens with zero attached hydrogens (tertiary/aromatic N) is 1. The molecule has 0 aliphatic carbocycles. The van der Waals surface area contributed by atoms with Crippen molar-refractivity contribution in [2.24, 2.45) is 0 Å². The molecule has 1 aromatic heterocycles. The van der Waals surface area contributed by atoms with Gasteiger partial charge in [0.2, 0.25) is 0 Å². The molecule has 2 aromatic rings. The number of aromatic nitrogens is 1. The highest BCUT2D eigenvalue weighted by Gasteiger charge is 2.22. The Balaban J connectivity index is 1.98. The molecule has 0 bridgehead atoms. The highest BCUT2D eigenvalue weighted by atomic mass is 16.3. The van der Waals surface area contributed by atoms with Crippen LogP contribution >= 0.6 is 0 Å². The van der Waals surface area contributed by atoms with Crippen molar-refractivity contribution in [3.8, 4) is 0 Å². The van der Waals surface area contributed by atoms with E-state index in [4.69, 9.17) is 4.42 Å². The Bertz CT molecular complexity index is 534. The van der Waals surface area contributed by atoms with Crippen molar-refractivity contribution in [2.45, 2.75) is 25.9 Å². The highest BCUT2D eigenvalue weighted by molar-refractivity contribution is 5.73. The topological polar surface area (TPSA) is 50.1 Å². The first-order chi connectivity index (χ1) is 8.24. The molecule has 4 nitrogen and oxygen atoms in total. The maximum Gasteiger partial charge on any atom is 0.192 e. The van der Waals surface area contributed by atoms with Crippen LogP contribution in [0.2, 0.25) is 0 Å². The fourth-order valence-electron chi connectivity index (χ4n) is 2.48. The van der Waals surface area contributed by atoms with Gasteiger partial charge in [0.1, 0.15) is 5.52 Å². The molecule has 1 aliphatic heterocycles. The van der Waals surface area contributed by atoms with Crippen LogP contribution in [-0.4, -0.2) is 24.1 Å². The second-order valence-corrected chi connectivity index (χ2v) is 4.63. The van der Waals surface area contributed by atoms with E-state index in [9.17, 15) is 0 Å². The molecule has 90 valence electrons. The molecule has 2 atom stereocenters. The Kier molecular flexibility index (Phi) is 2.61. The van der Waals surface area contributed by atoms with Crippen LogP contribution in [0.15, 0.2) is 22.6 Å². The fraction of sp³-hybridized carbons (Fsp3) is 0.462. The summed E-state index contributed by atoms with van der Waals surface area (Å²) in [6.07, 6.45) is 0. The van der Waals surface area contributed by atoms with Crippen LogP contribution in [0.5, 0.6) is 0 Å². The lowest BCUT2D eigenvalue weighted by atomic mass is 9.98. The number of benzene rings is 1. The number of hydrogen-bond donors (Lipinski definition) is 2. The van der Waals surface area contributed by atoms with Crippen LogP contribution in [0.3, 0.4) is 0 Å². The average molecular weight is 231 g/mol. The zero-order valence-corrected chi connectivity index (χ0v) is 10.2. The maximum atomic E-state index is 5.49. The van der Waals surface area contributed by atoms with Crippen molar-refractivity contribution in [2.75, 3.05) is 13.1 Å². The number of oxazole rings is 1. The molecular weight excluding hydrogens is 214 g/mol. The lowest BCUT2D eigenvalue weighted by Crippen LogP contribution is -2.48. The third kappa shape index (κ3) is 1.94. The van der Waals surface area contributed by atoms with E-state index < -0.39 is 0 Å². The van der Waals surface area contributed by atoms with Gasteiger partial charge in [-0.3, -0.25) is 0 Å². The van der Waals surface area contributed by atoms with Gasteiger partial charge in [0.25, 0.3) is 0 Å². The third-order valence-corrected chi connectivity index (χ3v) is 3.33. The summed E-state index contributed by atoms with van der Waals surface area (Å²) in [5.74, 6) is 0.722. The number of aryl methyl sites for hydroxylation is 1. The van der Waals surface area contributed by atoms with Gasteiger partial charge < -0.3 is 15.1 Å². The Morgan fingerprint density at radius 1 is 1.29 bits per heavy atom. The van der Waals surface area contributed by atoms with Crippen LogP contribution in [0, 0.1) is 6.92 Å². The molecule has 4 heteroatoms. The van der Waals surface area contributed by atoms with Crippen molar-refractivity contribution in [3.05, 3.63) is 29.7 Å². The minimum absolute atomic E-state index is 0.352. The first kappa shape index (κ1) is 10.7. The number of hydrogen-bond acceptors (Lipinski definition) is 4. The lowest BCUT2D eigenvalue weighted by molar-refractivity contribution is 0.346. The van der Waals surface area contributed by atoms with E-state index in [2.05, 4.69) is 34.7 Å². The number of fused-ring (bicyclic) bond motifs is 1. The fourth-order valence-corrected chi connectivity index (χ4v) is 2.48. The molecule has 2 N–H and O–H groups in total. The predicted molar refractivity (Wildman–Crippen MR) is 67.0 cm³/mol. The van der Waals surface area contributed by atoms with Gasteiger partial charge >= 0.3 is 0 Å². The van der Waals surface area contributed by atoms with E-state index in [1.54, 1.807) is 0 Å². The molecule has 0 spiro atoms. The van der Waals surface area contributed by atoms with Gasteiger partial charge in [0, 0.05) is 32.1 Å². The highest BCUT2D eigenvalue weighted by Crippen LogP contribution is 2.23. The summed E-state index contributed by atoms with van der Waals surface area (Å²) in [5, 5.41) is 7.01. The second kappa shape index (κ2) is 4.13. The van der Waals surface area contributed by atoms with E-state index in [1.807, 2.05) is 13.0 Å². The molecule has 2 heterocycles. The Labute approximate surface area is 100 Å². The molecule has 1 fully saturated rings. The SMILES string of the molecule is Cc1nc2cc(C3NCCNC3C)ccc2o1. The van der Waals surface area contributed by atoms with Crippen molar-refractivity contribution < 1.29 is 4.42 Å². The molecule has 0 saturated carbocycles. The first-order valence-corrected chi connectivity index (χ1v) is 6.08. The molecule has 17 heavy (non-hydrogen) atoms. The van der Waals surface area contributed by atoms with Crippen LogP contribution in [0.1, 0.15) is 24.4 Å². The Morgan fingerprint density at radius 3 is 2.94 bits per heavy atom. The van der Waals surface area contributed by atoms with Crippen molar-refractivity contribution in [1.82, 2.24) is 15.6 Å². The maximum absolute atomic E-state index is 5.49. The molecule has 3 rings (SSSR count). The summed E-state index contributed by atoms with van der Waals surface area (Å²) in [6, 6.07) is 7.04. The Morgan fingerprint density at radius 2 is 2.12 bits per heavy atom. The summed E-state index contributed by atoms with van der Waals surface area (Å²) in [7, 11) is 0. The van der Waals surface area contributed by atoms with Gasteiger partial charge in [-0.25, -0.2) is 4.98 Å². The first-order valence-electron chi connectivity index (χ1n) is 6.08. The zero-order valence-electron chi connectivity index (χ0n) is 10.2. The van der Waals surface area contributed by atoms with E-state index in [1.165, 1.54) is 5.56 Å². The standard InChI is InChI=1S/C13H17N3O/c1-8-13(15-6-5-14-8)10-3-4-12-11(7-10)16-9(2)17-12/h3-4,7-8,13-15H,5-6H2,1-2H3. The van der Waals surface area contributed by atoms with E-state index in [-0.39, 0.29) is 0 Å². The van der Waals surface area contributed by atoms with Gasteiger partial charge in [0.05, 0.1) is 0 Å². The molecular formula is C13H17N3O. The smallest absolute Gasteiger partial charge is 0.192 e. The normalized spacial score (nSPS) is 25.3. The molecule has 1 aromatic carbocycles. The third-order valence-electron chi connectivity index (χ3n) is 3.33. The Hall–Kier alpha value is -1.39. The van der Waals surface area contributed by atoms with Gasteiger partial charge in [-0.1, -0.05) is 6.07 Å². The minimum atomic E-state index is 0.352. The minimum Gasteiger partial charge on any atom is -0.441 e. The van der Waals surface area contributed by atoms with E-state index in [0.717, 1.165) is 30.1 Å². The van der Waals surface area contributed by atoms with Gasteiger partial charge in [-0.05, 0) is 24.6 Å². The van der Waals surface area contributed by atoms with Crippen molar-refractivity contribution >= 4 is 11.1 Å². The molecule has 1 saturated heterocycles. The van der Waals surface area contributed by atoms with E-state index >= 15 is 0 Å². The van der Waals surface area contributed by atoms with Gasteiger partial charge in [-0.2, -0.15) is 0 Å². The predicted octanol–water partition coefficient (Wildman–Crippen LogP) is 1.76. The van der Waals surface area contributed by atoms with Crippen LogP contribution in [0.25, 0.3) is 11.1 Å². The number of nitrogens with one attached hydrogen (secondary N) is 2. The quantitative estimate of drug-likeness (QED) is 0.785. The molecule has 1 aliphatic rings. The molecule has 0 amide bonds. The average Bonchev–Trinajstić information content (AvgIpc) is 2.68. The monoisotopic (exact) mass is 231 g/mol. The van der Waals surface area contributed by atoms with Crippen molar-refractivity contribution in [3.63, 3.8) is 0 Å². The largest absolute Gasteiger partial charge is 0.441 e. The summed E-state index contributed by atoms with van der Waals surface area (Å²) < 4.78 is 5.49. The summed E-state index contributed by atoms with van der Waals surface area (Å²) >= 11 is 0. The summed E-state index contributed by atoms with van der Waals surface area (Å²) in [5.41, 5.74) is 3.08. The van der Waals surface area contributed by atoms with Gasteiger partial charge in [0.15, 0.2) is 11.5 Å². The van der Waals surface area contributed by atoms with Gasteiger partial charge in [-0.15, -0.1) is 0 Å². The lowest BCUT2D eigenvalue weighted by Gasteiger charge is -2.31. The summed E-state index contributed by atoms with van der Waals surface area (Å²) in [4.78, 5) is 4.38. The number of piperazine rings is 1. The summed E-state index contributed by atoms with van der Waals surface area (Å²) in [6.45, 7) is 6.12. The molecule has 2 unspecified atom stereocenters. The zero-order chi connectivity index (χ0) is 11.8. The van der Waals surface area contributed by atoms with Crippen molar-refractivity contribution in [1.29, 1.82) is 0 Å². The number of rotatable bonds is 1. The molecule has 0 radical (unpaired) electrons. The van der Waals surface area contributed by atoms with Crippen LogP contribution < -0.4 is 10.6 Å². The van der Waals surface area contributed by atoms with Crippen LogP contribution in [0.4, 0.5) is 0 Å². The second-order valence-electron chi connectivity index (χ2n) is 4.63. The van der Waals surface area contributed by atoms with Crippen LogP contribution in [-0.2, 0) is 0 Å².